The molecule has 0 radical (unpaired) electrons. The molecular weight excluding hydrogens is 669 g/mol. The number of para-hydroxylation sites is 2. The average Bonchev–Trinajstić information content (AvgIpc) is 3.91. The predicted octanol–water partition coefficient (Wildman–Crippen LogP) is 14.3. The SMILES string of the molecule is c1ccc(-c2ccc(-n3c4ccc(-c5ccc6c(c5)c5ccccc5n6-c5cccc6oc7ccccc7c56)cc4c4ccc5ccccc5c43)cc2)cc1. The van der Waals surface area contributed by atoms with Gasteiger partial charge in [0, 0.05) is 38.0 Å². The van der Waals surface area contributed by atoms with E-state index in [4.69, 9.17) is 4.42 Å². The van der Waals surface area contributed by atoms with Gasteiger partial charge >= 0.3 is 0 Å². The van der Waals surface area contributed by atoms with Gasteiger partial charge in [-0.1, -0.05) is 133 Å². The Morgan fingerprint density at radius 3 is 1.75 bits per heavy atom. The second-order valence-electron chi connectivity index (χ2n) is 14.5. The lowest BCUT2D eigenvalue weighted by Gasteiger charge is -2.11. The van der Waals surface area contributed by atoms with Gasteiger partial charge in [0.15, 0.2) is 0 Å². The molecule has 0 saturated heterocycles. The van der Waals surface area contributed by atoms with Crippen molar-refractivity contribution in [2.45, 2.75) is 0 Å². The molecule has 9 aromatic carbocycles. The molecule has 0 unspecified atom stereocenters. The number of hydrogen-bond acceptors (Lipinski definition) is 1. The third kappa shape index (κ3) is 4.44. The highest BCUT2D eigenvalue weighted by atomic mass is 16.3. The first kappa shape index (κ1) is 30.1. The monoisotopic (exact) mass is 700 g/mol. The summed E-state index contributed by atoms with van der Waals surface area (Å²) in [5.41, 5.74) is 13.7. The van der Waals surface area contributed by atoms with E-state index in [1.165, 1.54) is 76.6 Å². The zero-order valence-corrected chi connectivity index (χ0v) is 29.8. The van der Waals surface area contributed by atoms with Gasteiger partial charge in [-0.15, -0.1) is 0 Å². The van der Waals surface area contributed by atoms with Crippen molar-refractivity contribution in [1.29, 1.82) is 0 Å². The van der Waals surface area contributed by atoms with Crippen molar-refractivity contribution in [2.24, 2.45) is 0 Å². The van der Waals surface area contributed by atoms with Gasteiger partial charge in [0.05, 0.1) is 33.1 Å². The molecular formula is C52H32N2O. The average molecular weight is 701 g/mol. The predicted molar refractivity (Wildman–Crippen MR) is 231 cm³/mol. The van der Waals surface area contributed by atoms with Crippen LogP contribution in [0.4, 0.5) is 0 Å². The molecule has 0 saturated carbocycles. The zero-order valence-electron chi connectivity index (χ0n) is 29.8. The number of fused-ring (bicyclic) bond motifs is 11. The lowest BCUT2D eigenvalue weighted by molar-refractivity contribution is 0.669. The number of furan rings is 1. The summed E-state index contributed by atoms with van der Waals surface area (Å²) in [5, 5.41) is 9.70. The molecule has 3 heteroatoms. The summed E-state index contributed by atoms with van der Waals surface area (Å²) < 4.78 is 11.2. The van der Waals surface area contributed by atoms with Crippen molar-refractivity contribution in [1.82, 2.24) is 9.13 Å². The first-order valence-electron chi connectivity index (χ1n) is 18.8. The first-order chi connectivity index (χ1) is 27.3. The van der Waals surface area contributed by atoms with E-state index in [1.807, 2.05) is 6.07 Å². The van der Waals surface area contributed by atoms with Gasteiger partial charge in [0.25, 0.3) is 0 Å². The Hall–Kier alpha value is -7.36. The van der Waals surface area contributed by atoms with Crippen LogP contribution in [0, 0.1) is 0 Å². The highest BCUT2D eigenvalue weighted by Crippen LogP contribution is 2.42. The lowest BCUT2D eigenvalue weighted by Crippen LogP contribution is -1.95. The molecule has 0 fully saturated rings. The van der Waals surface area contributed by atoms with Gasteiger partial charge in [0.2, 0.25) is 0 Å². The quantitative estimate of drug-likeness (QED) is 0.179. The fourth-order valence-electron chi connectivity index (χ4n) is 9.02. The van der Waals surface area contributed by atoms with E-state index in [0.29, 0.717) is 0 Å². The number of hydrogen-bond donors (Lipinski definition) is 0. The molecule has 55 heavy (non-hydrogen) atoms. The van der Waals surface area contributed by atoms with Crippen molar-refractivity contribution in [3.63, 3.8) is 0 Å². The summed E-state index contributed by atoms with van der Waals surface area (Å²) in [7, 11) is 0. The summed E-state index contributed by atoms with van der Waals surface area (Å²) in [4.78, 5) is 0. The number of rotatable bonds is 4. The first-order valence-corrected chi connectivity index (χ1v) is 18.8. The summed E-state index contributed by atoms with van der Waals surface area (Å²) in [6, 6.07) is 70.3. The molecule has 0 aliphatic heterocycles. The maximum Gasteiger partial charge on any atom is 0.137 e. The van der Waals surface area contributed by atoms with Gasteiger partial charge < -0.3 is 13.6 Å². The summed E-state index contributed by atoms with van der Waals surface area (Å²) in [5.74, 6) is 0. The minimum Gasteiger partial charge on any atom is -0.456 e. The third-order valence-corrected chi connectivity index (χ3v) is 11.5. The van der Waals surface area contributed by atoms with Crippen LogP contribution in [-0.4, -0.2) is 9.13 Å². The van der Waals surface area contributed by atoms with E-state index in [-0.39, 0.29) is 0 Å². The van der Waals surface area contributed by atoms with Gasteiger partial charge in [-0.05, 0) is 88.3 Å². The van der Waals surface area contributed by atoms with E-state index in [2.05, 4.69) is 197 Å². The zero-order chi connectivity index (χ0) is 36.0. The molecule has 0 atom stereocenters. The van der Waals surface area contributed by atoms with Crippen LogP contribution < -0.4 is 0 Å². The standard InChI is InChI=1S/C52H32N2O/c1-2-11-33(12-3-1)34-21-26-38(27-22-34)53-46-29-24-37(32-44(46)41-28-23-35-13-4-5-14-39(35)52(41)53)36-25-30-47-43(31-36)40-15-6-8-17-45(40)54(47)48-18-10-20-50-51(48)42-16-7-9-19-49(42)55-50/h1-32H. The topological polar surface area (TPSA) is 23.0 Å². The van der Waals surface area contributed by atoms with Crippen molar-refractivity contribution < 1.29 is 4.42 Å². The van der Waals surface area contributed by atoms with E-state index in [1.54, 1.807) is 0 Å². The van der Waals surface area contributed by atoms with E-state index in [9.17, 15) is 0 Å². The molecule has 12 aromatic rings. The Morgan fingerprint density at radius 2 is 0.927 bits per heavy atom. The van der Waals surface area contributed by atoms with E-state index in [0.717, 1.165) is 33.3 Å². The maximum atomic E-state index is 6.32. The van der Waals surface area contributed by atoms with E-state index < -0.39 is 0 Å². The molecule has 3 nitrogen and oxygen atoms in total. The smallest absolute Gasteiger partial charge is 0.137 e. The molecule has 0 amide bonds. The molecule has 0 bridgehead atoms. The third-order valence-electron chi connectivity index (χ3n) is 11.5. The van der Waals surface area contributed by atoms with E-state index >= 15 is 0 Å². The van der Waals surface area contributed by atoms with Gasteiger partial charge in [0.1, 0.15) is 11.2 Å². The molecule has 0 spiro atoms. The highest BCUT2D eigenvalue weighted by Gasteiger charge is 2.20. The van der Waals surface area contributed by atoms with Crippen LogP contribution in [0.1, 0.15) is 0 Å². The fraction of sp³-hybridized carbons (Fsp3) is 0. The van der Waals surface area contributed by atoms with Gasteiger partial charge in [-0.3, -0.25) is 0 Å². The second-order valence-corrected chi connectivity index (χ2v) is 14.5. The van der Waals surface area contributed by atoms with Crippen molar-refractivity contribution in [3.8, 4) is 33.6 Å². The van der Waals surface area contributed by atoms with Crippen LogP contribution in [0.5, 0.6) is 0 Å². The molecule has 3 heterocycles. The van der Waals surface area contributed by atoms with Crippen LogP contribution >= 0.6 is 0 Å². The summed E-state index contributed by atoms with van der Waals surface area (Å²) in [6.07, 6.45) is 0. The van der Waals surface area contributed by atoms with Crippen molar-refractivity contribution >= 4 is 76.3 Å². The van der Waals surface area contributed by atoms with Gasteiger partial charge in [-0.25, -0.2) is 0 Å². The largest absolute Gasteiger partial charge is 0.456 e. The Kier molecular flexibility index (Phi) is 6.34. The molecule has 256 valence electrons. The minimum atomic E-state index is 0.897. The number of aromatic nitrogens is 2. The molecule has 0 N–H and O–H groups in total. The summed E-state index contributed by atoms with van der Waals surface area (Å²) in [6.45, 7) is 0. The van der Waals surface area contributed by atoms with Crippen molar-refractivity contribution in [3.05, 3.63) is 194 Å². The highest BCUT2D eigenvalue weighted by molar-refractivity contribution is 6.20. The van der Waals surface area contributed by atoms with Crippen LogP contribution in [0.2, 0.25) is 0 Å². The molecule has 12 rings (SSSR count). The lowest BCUT2D eigenvalue weighted by atomic mass is 10.00. The second kappa shape index (κ2) is 11.6. The Balaban J connectivity index is 1.06. The number of nitrogens with zero attached hydrogens (tertiary/aromatic N) is 2. The Morgan fingerprint density at radius 1 is 0.327 bits per heavy atom. The number of benzene rings is 9. The van der Waals surface area contributed by atoms with Crippen molar-refractivity contribution in [2.75, 3.05) is 0 Å². The van der Waals surface area contributed by atoms with Crippen LogP contribution in [0.3, 0.4) is 0 Å². The van der Waals surface area contributed by atoms with Gasteiger partial charge in [-0.2, -0.15) is 0 Å². The normalized spacial score (nSPS) is 12.0. The van der Waals surface area contributed by atoms with Crippen LogP contribution in [-0.2, 0) is 0 Å². The molecule has 3 aromatic heterocycles. The summed E-state index contributed by atoms with van der Waals surface area (Å²) >= 11 is 0. The Labute approximate surface area is 316 Å². The fourth-order valence-corrected chi connectivity index (χ4v) is 9.02. The molecule has 0 aliphatic rings. The van der Waals surface area contributed by atoms with Crippen LogP contribution in [0.15, 0.2) is 199 Å². The maximum absolute atomic E-state index is 6.32. The Bertz CT molecular complexity index is 3470. The minimum absolute atomic E-state index is 0.897. The molecule has 0 aliphatic carbocycles. The van der Waals surface area contributed by atoms with Crippen LogP contribution in [0.25, 0.3) is 110 Å².